The smallest absolute Gasteiger partial charge is 0.276 e. The highest BCUT2D eigenvalue weighted by atomic mass is 19.1. The summed E-state index contributed by atoms with van der Waals surface area (Å²) >= 11 is 0. The minimum absolute atomic E-state index is 0.183. The predicted octanol–water partition coefficient (Wildman–Crippen LogP) is 3.35. The molecule has 4 nitrogen and oxygen atoms in total. The van der Waals surface area contributed by atoms with Gasteiger partial charge in [-0.05, 0) is 37.5 Å². The van der Waals surface area contributed by atoms with E-state index < -0.39 is 0 Å². The van der Waals surface area contributed by atoms with Crippen LogP contribution in [0.3, 0.4) is 0 Å². The van der Waals surface area contributed by atoms with Crippen LogP contribution in [0.1, 0.15) is 47.5 Å². The molecule has 0 aliphatic heterocycles. The van der Waals surface area contributed by atoms with Crippen LogP contribution in [0.4, 0.5) is 4.39 Å². The van der Waals surface area contributed by atoms with Gasteiger partial charge in [-0.3, -0.25) is 4.79 Å². The summed E-state index contributed by atoms with van der Waals surface area (Å²) in [4.78, 5) is 14.1. The molecule has 0 radical (unpaired) electrons. The number of halogens is 1. The van der Waals surface area contributed by atoms with Gasteiger partial charge in [0.15, 0.2) is 5.69 Å². The van der Waals surface area contributed by atoms with Crippen molar-refractivity contribution in [3.05, 3.63) is 53.2 Å². The first-order valence-corrected chi connectivity index (χ1v) is 7.17. The average molecular weight is 288 g/mol. The largest absolute Gasteiger partial charge is 0.360 e. The van der Waals surface area contributed by atoms with Crippen LogP contribution in [0.15, 0.2) is 34.9 Å². The summed E-state index contributed by atoms with van der Waals surface area (Å²) in [6, 6.07) is 8.01. The molecule has 1 amide bonds. The molecule has 1 heterocycles. The van der Waals surface area contributed by atoms with E-state index in [1.54, 1.807) is 23.1 Å². The van der Waals surface area contributed by atoms with Gasteiger partial charge in [0.1, 0.15) is 11.6 Å². The molecule has 5 heteroatoms. The van der Waals surface area contributed by atoms with Gasteiger partial charge in [0.05, 0.1) is 0 Å². The van der Waals surface area contributed by atoms with Crippen LogP contribution in [0, 0.1) is 5.82 Å². The van der Waals surface area contributed by atoms with E-state index in [-0.39, 0.29) is 11.7 Å². The Morgan fingerprint density at radius 2 is 2.24 bits per heavy atom. The third-order valence-corrected chi connectivity index (χ3v) is 3.66. The highest BCUT2D eigenvalue weighted by Crippen LogP contribution is 2.40. The highest BCUT2D eigenvalue weighted by Gasteiger charge is 2.29. The fourth-order valence-electron chi connectivity index (χ4n) is 2.30. The Hall–Kier alpha value is -2.17. The van der Waals surface area contributed by atoms with Crippen molar-refractivity contribution in [1.82, 2.24) is 10.1 Å². The molecule has 1 aliphatic rings. The normalized spacial score (nSPS) is 14.2. The Kier molecular flexibility index (Phi) is 3.73. The lowest BCUT2D eigenvalue weighted by Gasteiger charge is -2.19. The van der Waals surface area contributed by atoms with Crippen LogP contribution >= 0.6 is 0 Å². The van der Waals surface area contributed by atoms with Crippen LogP contribution in [0.25, 0.3) is 0 Å². The van der Waals surface area contributed by atoms with Gasteiger partial charge >= 0.3 is 0 Å². The molecule has 0 N–H and O–H groups in total. The maximum atomic E-state index is 13.2. The number of amides is 1. The number of nitrogens with zero attached hydrogens (tertiary/aromatic N) is 2. The molecular weight excluding hydrogens is 271 g/mol. The Morgan fingerprint density at radius 1 is 1.43 bits per heavy atom. The molecule has 3 rings (SSSR count). The lowest BCUT2D eigenvalue weighted by Crippen LogP contribution is -2.30. The molecule has 1 saturated carbocycles. The number of benzene rings is 1. The molecule has 0 spiro atoms. The fourth-order valence-corrected chi connectivity index (χ4v) is 2.30. The van der Waals surface area contributed by atoms with E-state index in [9.17, 15) is 9.18 Å². The first-order valence-electron chi connectivity index (χ1n) is 7.17. The zero-order valence-corrected chi connectivity index (χ0v) is 11.9. The number of hydrogen-bond acceptors (Lipinski definition) is 3. The first-order chi connectivity index (χ1) is 10.2. The second-order valence-corrected chi connectivity index (χ2v) is 5.34. The lowest BCUT2D eigenvalue weighted by atomic mass is 10.2. The number of carbonyl (C=O) groups excluding carboxylic acids is 1. The van der Waals surface area contributed by atoms with Crippen molar-refractivity contribution in [3.8, 4) is 0 Å². The SMILES string of the molecule is CCN(Cc1cccc(F)c1)C(=O)c1cc(C2CC2)on1. The maximum Gasteiger partial charge on any atom is 0.276 e. The van der Waals surface area contributed by atoms with Gasteiger partial charge in [-0.1, -0.05) is 17.3 Å². The van der Waals surface area contributed by atoms with Crippen LogP contribution < -0.4 is 0 Å². The summed E-state index contributed by atoms with van der Waals surface area (Å²) in [5.41, 5.74) is 1.09. The lowest BCUT2D eigenvalue weighted by molar-refractivity contribution is 0.0742. The van der Waals surface area contributed by atoms with Crippen molar-refractivity contribution >= 4 is 5.91 Å². The van der Waals surface area contributed by atoms with Crippen molar-refractivity contribution in [2.45, 2.75) is 32.2 Å². The molecule has 1 aromatic heterocycles. The van der Waals surface area contributed by atoms with Gasteiger partial charge in [0.2, 0.25) is 0 Å². The van der Waals surface area contributed by atoms with E-state index in [1.807, 2.05) is 6.92 Å². The third-order valence-electron chi connectivity index (χ3n) is 3.66. The monoisotopic (exact) mass is 288 g/mol. The predicted molar refractivity (Wildman–Crippen MR) is 75.3 cm³/mol. The van der Waals surface area contributed by atoms with Gasteiger partial charge in [-0.25, -0.2) is 4.39 Å². The molecular formula is C16H17FN2O2. The summed E-state index contributed by atoms with van der Waals surface area (Å²) in [6.07, 6.45) is 2.20. The number of rotatable bonds is 5. The summed E-state index contributed by atoms with van der Waals surface area (Å²) in [5.74, 6) is 0.739. The molecule has 1 aliphatic carbocycles. The van der Waals surface area contributed by atoms with E-state index in [2.05, 4.69) is 5.16 Å². The van der Waals surface area contributed by atoms with Crippen LogP contribution in [-0.2, 0) is 6.54 Å². The Balaban J connectivity index is 1.73. The number of carbonyl (C=O) groups is 1. The highest BCUT2D eigenvalue weighted by molar-refractivity contribution is 5.92. The maximum absolute atomic E-state index is 13.2. The van der Waals surface area contributed by atoms with Crippen molar-refractivity contribution in [3.63, 3.8) is 0 Å². The van der Waals surface area contributed by atoms with E-state index in [0.29, 0.717) is 24.7 Å². The standard InChI is InChI=1S/C16H17FN2O2/c1-2-19(10-11-4-3-5-13(17)8-11)16(20)14-9-15(21-18-14)12-6-7-12/h3-5,8-9,12H,2,6-7,10H2,1H3. The second kappa shape index (κ2) is 5.68. The average Bonchev–Trinajstić information content (AvgIpc) is 3.22. The molecule has 0 saturated heterocycles. The summed E-state index contributed by atoms with van der Waals surface area (Å²) < 4.78 is 18.4. The van der Waals surface area contributed by atoms with Crippen molar-refractivity contribution in [2.75, 3.05) is 6.54 Å². The van der Waals surface area contributed by atoms with Crippen LogP contribution in [0.5, 0.6) is 0 Å². The van der Waals surface area contributed by atoms with E-state index in [1.165, 1.54) is 12.1 Å². The molecule has 110 valence electrons. The number of aromatic nitrogens is 1. The van der Waals surface area contributed by atoms with Gasteiger partial charge in [0.25, 0.3) is 5.91 Å². The number of hydrogen-bond donors (Lipinski definition) is 0. The Bertz CT molecular complexity index is 649. The summed E-state index contributed by atoms with van der Waals surface area (Å²) in [6.45, 7) is 2.78. The zero-order chi connectivity index (χ0) is 14.8. The minimum Gasteiger partial charge on any atom is -0.360 e. The summed E-state index contributed by atoms with van der Waals surface area (Å²) in [7, 11) is 0. The zero-order valence-electron chi connectivity index (χ0n) is 11.9. The first kappa shape index (κ1) is 13.8. The van der Waals surface area contributed by atoms with Crippen molar-refractivity contribution < 1.29 is 13.7 Å². The third kappa shape index (κ3) is 3.12. The van der Waals surface area contributed by atoms with Crippen LogP contribution in [0.2, 0.25) is 0 Å². The fraction of sp³-hybridized carbons (Fsp3) is 0.375. The quantitative estimate of drug-likeness (QED) is 0.847. The van der Waals surface area contributed by atoms with Crippen molar-refractivity contribution in [1.29, 1.82) is 0 Å². The molecule has 21 heavy (non-hydrogen) atoms. The van der Waals surface area contributed by atoms with Gasteiger partial charge in [-0.15, -0.1) is 0 Å². The molecule has 1 aromatic carbocycles. The second-order valence-electron chi connectivity index (χ2n) is 5.34. The van der Waals surface area contributed by atoms with E-state index in [0.717, 1.165) is 24.2 Å². The topological polar surface area (TPSA) is 46.3 Å². The molecule has 2 aromatic rings. The van der Waals surface area contributed by atoms with Gasteiger partial charge in [-0.2, -0.15) is 0 Å². The van der Waals surface area contributed by atoms with E-state index >= 15 is 0 Å². The van der Waals surface area contributed by atoms with Crippen molar-refractivity contribution in [2.24, 2.45) is 0 Å². The van der Waals surface area contributed by atoms with Gasteiger partial charge < -0.3 is 9.42 Å². The molecule has 0 bridgehead atoms. The molecule has 0 unspecified atom stereocenters. The Labute approximate surface area is 122 Å². The molecule has 0 atom stereocenters. The molecule has 1 fully saturated rings. The van der Waals surface area contributed by atoms with E-state index in [4.69, 9.17) is 4.52 Å². The Morgan fingerprint density at radius 3 is 2.90 bits per heavy atom. The van der Waals surface area contributed by atoms with Gasteiger partial charge in [0, 0.05) is 25.1 Å². The van der Waals surface area contributed by atoms with Crippen LogP contribution in [-0.4, -0.2) is 22.5 Å². The minimum atomic E-state index is -0.298. The summed E-state index contributed by atoms with van der Waals surface area (Å²) in [5, 5.41) is 3.87.